The maximum absolute atomic E-state index is 11.8. The van der Waals surface area contributed by atoms with Crippen molar-refractivity contribution in [2.24, 2.45) is 11.7 Å². The summed E-state index contributed by atoms with van der Waals surface area (Å²) in [5.74, 6) is 0.378. The van der Waals surface area contributed by atoms with Gasteiger partial charge < -0.3 is 11.1 Å². The summed E-state index contributed by atoms with van der Waals surface area (Å²) in [5, 5.41) is 3.02. The van der Waals surface area contributed by atoms with E-state index >= 15 is 0 Å². The maximum Gasteiger partial charge on any atom is 0.223 e. The third kappa shape index (κ3) is 2.42. The zero-order valence-corrected chi connectivity index (χ0v) is 9.36. The molecule has 3 nitrogen and oxygen atoms in total. The summed E-state index contributed by atoms with van der Waals surface area (Å²) in [4.78, 5) is 11.8. The molecule has 0 bridgehead atoms. The highest BCUT2D eigenvalue weighted by Gasteiger charge is 2.26. The van der Waals surface area contributed by atoms with Crippen LogP contribution in [-0.4, -0.2) is 12.5 Å². The van der Waals surface area contributed by atoms with Crippen LogP contribution < -0.4 is 11.1 Å². The first-order valence-corrected chi connectivity index (χ1v) is 5.86. The summed E-state index contributed by atoms with van der Waals surface area (Å²) in [6.45, 7) is 0.447. The van der Waals surface area contributed by atoms with E-state index in [2.05, 4.69) is 5.32 Å². The van der Waals surface area contributed by atoms with Crippen molar-refractivity contribution in [1.29, 1.82) is 0 Å². The Bertz CT molecular complexity index is 346. The number of carbonyl (C=O) groups excluding carboxylic acids is 1. The molecule has 86 valence electrons. The Morgan fingerprint density at radius 1 is 1.38 bits per heavy atom. The van der Waals surface area contributed by atoms with Crippen molar-refractivity contribution in [2.45, 2.75) is 25.3 Å². The molecule has 1 amide bonds. The second-order valence-corrected chi connectivity index (χ2v) is 4.34. The van der Waals surface area contributed by atoms with Crippen LogP contribution in [0.1, 0.15) is 30.9 Å². The Balaban J connectivity index is 1.97. The average Bonchev–Trinajstić information content (AvgIpc) is 2.24. The molecule has 1 unspecified atom stereocenters. The van der Waals surface area contributed by atoms with Crippen LogP contribution in [-0.2, 0) is 4.79 Å². The summed E-state index contributed by atoms with van der Waals surface area (Å²) in [7, 11) is 0. The van der Waals surface area contributed by atoms with Gasteiger partial charge >= 0.3 is 0 Å². The molecular formula is C13H18N2O. The number of hydrogen-bond acceptors (Lipinski definition) is 2. The fourth-order valence-electron chi connectivity index (χ4n) is 1.92. The molecule has 3 N–H and O–H groups in total. The highest BCUT2D eigenvalue weighted by molar-refractivity contribution is 5.79. The zero-order valence-electron chi connectivity index (χ0n) is 9.36. The molecule has 1 aliphatic carbocycles. The van der Waals surface area contributed by atoms with Crippen molar-refractivity contribution in [3.05, 3.63) is 35.9 Å². The van der Waals surface area contributed by atoms with Crippen LogP contribution in [0.3, 0.4) is 0 Å². The fraction of sp³-hybridized carbons (Fsp3) is 0.462. The van der Waals surface area contributed by atoms with Gasteiger partial charge in [0.05, 0.1) is 6.04 Å². The maximum atomic E-state index is 11.8. The Morgan fingerprint density at radius 2 is 2.06 bits per heavy atom. The van der Waals surface area contributed by atoms with Crippen molar-refractivity contribution >= 4 is 5.91 Å². The molecule has 3 heteroatoms. The smallest absolute Gasteiger partial charge is 0.223 e. The lowest BCUT2D eigenvalue weighted by Gasteiger charge is -2.27. The van der Waals surface area contributed by atoms with Gasteiger partial charge in [-0.25, -0.2) is 0 Å². The van der Waals surface area contributed by atoms with Gasteiger partial charge in [-0.2, -0.15) is 0 Å². The van der Waals surface area contributed by atoms with Crippen molar-refractivity contribution in [1.82, 2.24) is 5.32 Å². The van der Waals surface area contributed by atoms with E-state index in [0.717, 1.165) is 18.4 Å². The van der Waals surface area contributed by atoms with E-state index in [9.17, 15) is 4.79 Å². The normalized spacial score (nSPS) is 17.6. The highest BCUT2D eigenvalue weighted by atomic mass is 16.2. The van der Waals surface area contributed by atoms with Gasteiger partial charge in [-0.1, -0.05) is 36.8 Å². The lowest BCUT2D eigenvalue weighted by Crippen LogP contribution is -2.39. The van der Waals surface area contributed by atoms with E-state index < -0.39 is 0 Å². The molecule has 2 rings (SSSR count). The second-order valence-electron chi connectivity index (χ2n) is 4.34. The molecule has 0 saturated heterocycles. The number of benzene rings is 1. The van der Waals surface area contributed by atoms with Crippen LogP contribution in [0.5, 0.6) is 0 Å². The van der Waals surface area contributed by atoms with Gasteiger partial charge in [0.2, 0.25) is 5.91 Å². The highest BCUT2D eigenvalue weighted by Crippen LogP contribution is 2.27. The number of nitrogens with two attached hydrogens (primary N) is 1. The molecule has 1 saturated carbocycles. The Kier molecular flexibility index (Phi) is 3.57. The summed E-state index contributed by atoms with van der Waals surface area (Å²) in [6, 6.07) is 9.84. The van der Waals surface area contributed by atoms with Crippen molar-refractivity contribution in [3.63, 3.8) is 0 Å². The Hall–Kier alpha value is -1.35. The van der Waals surface area contributed by atoms with E-state index in [0.29, 0.717) is 6.54 Å². The Morgan fingerprint density at radius 3 is 2.56 bits per heavy atom. The van der Waals surface area contributed by atoms with Crippen LogP contribution in [0.25, 0.3) is 0 Å². The first-order chi connectivity index (χ1) is 7.81. The molecule has 1 aliphatic rings. The molecule has 1 aromatic carbocycles. The molecule has 0 radical (unpaired) electrons. The SMILES string of the molecule is NCC(NC(=O)C1CCC1)c1ccccc1. The number of carbonyl (C=O) groups is 1. The third-order valence-electron chi connectivity index (χ3n) is 3.23. The molecule has 0 spiro atoms. The molecule has 0 aromatic heterocycles. The zero-order chi connectivity index (χ0) is 11.4. The lowest BCUT2D eigenvalue weighted by molar-refractivity contribution is -0.128. The largest absolute Gasteiger partial charge is 0.348 e. The quantitative estimate of drug-likeness (QED) is 0.806. The van der Waals surface area contributed by atoms with Crippen LogP contribution >= 0.6 is 0 Å². The van der Waals surface area contributed by atoms with Crippen molar-refractivity contribution in [3.8, 4) is 0 Å². The molecule has 1 aromatic rings. The minimum atomic E-state index is -0.0469. The second kappa shape index (κ2) is 5.12. The fourth-order valence-corrected chi connectivity index (χ4v) is 1.92. The van der Waals surface area contributed by atoms with Gasteiger partial charge in [0, 0.05) is 12.5 Å². The summed E-state index contributed by atoms with van der Waals surface area (Å²) >= 11 is 0. The van der Waals surface area contributed by atoms with Gasteiger partial charge in [-0.05, 0) is 18.4 Å². The minimum Gasteiger partial charge on any atom is -0.348 e. The van der Waals surface area contributed by atoms with Gasteiger partial charge in [0.15, 0.2) is 0 Å². The molecule has 1 atom stereocenters. The van der Waals surface area contributed by atoms with Crippen LogP contribution in [0.4, 0.5) is 0 Å². The van der Waals surface area contributed by atoms with Crippen LogP contribution in [0.2, 0.25) is 0 Å². The number of amides is 1. The minimum absolute atomic E-state index is 0.0469. The molecule has 0 aliphatic heterocycles. The standard InChI is InChI=1S/C13H18N2O/c14-9-12(10-5-2-1-3-6-10)15-13(16)11-7-4-8-11/h1-3,5-6,11-12H,4,7-9,14H2,(H,15,16). The first-order valence-electron chi connectivity index (χ1n) is 5.86. The Labute approximate surface area is 96.0 Å². The van der Waals surface area contributed by atoms with E-state index in [1.165, 1.54) is 6.42 Å². The van der Waals surface area contributed by atoms with Crippen molar-refractivity contribution < 1.29 is 4.79 Å². The van der Waals surface area contributed by atoms with Gasteiger partial charge in [-0.3, -0.25) is 4.79 Å². The number of rotatable bonds is 4. The average molecular weight is 218 g/mol. The van der Waals surface area contributed by atoms with Gasteiger partial charge in [0.1, 0.15) is 0 Å². The first kappa shape index (κ1) is 11.1. The molecule has 1 fully saturated rings. The van der Waals surface area contributed by atoms with Crippen LogP contribution in [0.15, 0.2) is 30.3 Å². The van der Waals surface area contributed by atoms with Gasteiger partial charge in [-0.15, -0.1) is 0 Å². The molecule has 0 heterocycles. The third-order valence-corrected chi connectivity index (χ3v) is 3.23. The molecular weight excluding hydrogens is 200 g/mol. The predicted molar refractivity (Wildman–Crippen MR) is 63.7 cm³/mol. The lowest BCUT2D eigenvalue weighted by atomic mass is 9.84. The van der Waals surface area contributed by atoms with E-state index in [1.807, 2.05) is 30.3 Å². The van der Waals surface area contributed by atoms with Gasteiger partial charge in [0.25, 0.3) is 0 Å². The molecule has 16 heavy (non-hydrogen) atoms. The van der Waals surface area contributed by atoms with E-state index in [-0.39, 0.29) is 17.9 Å². The topological polar surface area (TPSA) is 55.1 Å². The van der Waals surface area contributed by atoms with E-state index in [1.54, 1.807) is 0 Å². The summed E-state index contributed by atoms with van der Waals surface area (Å²) < 4.78 is 0. The number of nitrogens with one attached hydrogen (secondary N) is 1. The monoisotopic (exact) mass is 218 g/mol. The summed E-state index contributed by atoms with van der Waals surface area (Å²) in [5.41, 5.74) is 6.78. The van der Waals surface area contributed by atoms with Crippen molar-refractivity contribution in [2.75, 3.05) is 6.54 Å². The van der Waals surface area contributed by atoms with Crippen LogP contribution in [0, 0.1) is 5.92 Å². The summed E-state index contributed by atoms with van der Waals surface area (Å²) in [6.07, 6.45) is 3.23. The predicted octanol–water partition coefficient (Wildman–Crippen LogP) is 1.60. The number of hydrogen-bond donors (Lipinski definition) is 2. The van der Waals surface area contributed by atoms with E-state index in [4.69, 9.17) is 5.73 Å².